The van der Waals surface area contributed by atoms with Gasteiger partial charge >= 0.3 is 6.03 Å². The minimum absolute atomic E-state index is 0.00368. The molecule has 1 aliphatic heterocycles. The van der Waals surface area contributed by atoms with Gasteiger partial charge in [0.2, 0.25) is 0 Å². The van der Waals surface area contributed by atoms with Gasteiger partial charge in [0, 0.05) is 6.04 Å². The summed E-state index contributed by atoms with van der Waals surface area (Å²) in [6, 6.07) is 6.48. The van der Waals surface area contributed by atoms with E-state index < -0.39 is 17.8 Å². The summed E-state index contributed by atoms with van der Waals surface area (Å²) in [6.07, 6.45) is 6.23. The zero-order valence-corrected chi connectivity index (χ0v) is 15.9. The zero-order valence-electron chi connectivity index (χ0n) is 15.9. The molecule has 0 radical (unpaired) electrons. The topological polar surface area (TPSA) is 75.7 Å². The molecule has 6 heteroatoms. The van der Waals surface area contributed by atoms with Crippen LogP contribution in [0.15, 0.2) is 29.8 Å². The molecule has 1 heterocycles. The summed E-state index contributed by atoms with van der Waals surface area (Å²) in [5.41, 5.74) is 0.708. The monoisotopic (exact) mass is 370 g/mol. The fourth-order valence-corrected chi connectivity index (χ4v) is 3.43. The molecule has 1 aromatic rings. The summed E-state index contributed by atoms with van der Waals surface area (Å²) in [5, 5.41) is 2.31. The van der Waals surface area contributed by atoms with Gasteiger partial charge in [-0.15, -0.1) is 0 Å². The van der Waals surface area contributed by atoms with Crippen LogP contribution in [0.3, 0.4) is 0 Å². The van der Waals surface area contributed by atoms with E-state index in [0.717, 1.165) is 37.9 Å². The van der Waals surface area contributed by atoms with Crippen molar-refractivity contribution in [2.45, 2.75) is 52.0 Å². The number of nitrogens with zero attached hydrogens (tertiary/aromatic N) is 1. The van der Waals surface area contributed by atoms with Gasteiger partial charge in [-0.25, -0.2) is 4.79 Å². The average Bonchev–Trinajstić information content (AvgIpc) is 2.65. The number of barbiturate groups is 1. The molecular weight excluding hydrogens is 344 g/mol. The summed E-state index contributed by atoms with van der Waals surface area (Å²) in [4.78, 5) is 38.5. The molecule has 0 spiro atoms. The number of ether oxygens (including phenoxy) is 1. The largest absolute Gasteiger partial charge is 0.493 e. The number of hydrogen-bond donors (Lipinski definition) is 1. The smallest absolute Gasteiger partial charge is 0.331 e. The number of amides is 4. The van der Waals surface area contributed by atoms with Crippen molar-refractivity contribution in [2.75, 3.05) is 6.61 Å². The Labute approximate surface area is 159 Å². The van der Waals surface area contributed by atoms with E-state index in [9.17, 15) is 14.4 Å². The Bertz CT molecular complexity index is 746. The van der Waals surface area contributed by atoms with Crippen LogP contribution < -0.4 is 10.1 Å². The maximum absolute atomic E-state index is 12.8. The highest BCUT2D eigenvalue weighted by atomic mass is 16.5. The fraction of sp³-hybridized carbons (Fsp3) is 0.476. The van der Waals surface area contributed by atoms with E-state index in [-0.39, 0.29) is 11.6 Å². The normalized spacial score (nSPS) is 20.3. The van der Waals surface area contributed by atoms with Gasteiger partial charge in [0.15, 0.2) is 0 Å². The van der Waals surface area contributed by atoms with Crippen LogP contribution in [-0.4, -0.2) is 35.4 Å². The molecule has 1 aromatic carbocycles. The van der Waals surface area contributed by atoms with Crippen LogP contribution in [0.5, 0.6) is 5.75 Å². The second-order valence-electron chi connectivity index (χ2n) is 7.56. The maximum atomic E-state index is 12.8. The molecule has 2 fully saturated rings. The summed E-state index contributed by atoms with van der Waals surface area (Å²) in [6.45, 7) is 4.77. The van der Waals surface area contributed by atoms with Gasteiger partial charge in [0.1, 0.15) is 11.3 Å². The molecule has 0 atom stereocenters. The Morgan fingerprint density at radius 2 is 1.78 bits per heavy atom. The van der Waals surface area contributed by atoms with Crippen LogP contribution in [0, 0.1) is 5.92 Å². The third kappa shape index (κ3) is 4.56. The molecule has 144 valence electrons. The number of urea groups is 1. The van der Waals surface area contributed by atoms with E-state index in [1.165, 1.54) is 11.0 Å². The highest BCUT2D eigenvalue weighted by Crippen LogP contribution is 2.26. The van der Waals surface area contributed by atoms with Crippen LogP contribution in [0.2, 0.25) is 0 Å². The summed E-state index contributed by atoms with van der Waals surface area (Å²) in [7, 11) is 0. The van der Waals surface area contributed by atoms with Crippen molar-refractivity contribution in [1.82, 2.24) is 10.2 Å². The first-order valence-electron chi connectivity index (χ1n) is 9.59. The molecule has 3 rings (SSSR count). The SMILES string of the molecule is CC(C)COc1ccc(C=C2C(=O)NC(=O)N(C3CCCCC3)C2=O)cc1. The second kappa shape index (κ2) is 8.37. The van der Waals surface area contributed by atoms with E-state index in [1.807, 2.05) is 12.1 Å². The molecule has 0 aromatic heterocycles. The number of rotatable bonds is 5. The standard InChI is InChI=1S/C21H26N2O4/c1-14(2)13-27-17-10-8-15(9-11-17)12-18-19(24)22-21(26)23(20(18)25)16-6-4-3-5-7-16/h8-12,14,16H,3-7,13H2,1-2H3,(H,22,24,26). The Morgan fingerprint density at radius 3 is 2.41 bits per heavy atom. The number of nitrogens with one attached hydrogen (secondary N) is 1. The molecule has 6 nitrogen and oxygen atoms in total. The van der Waals surface area contributed by atoms with Crippen LogP contribution >= 0.6 is 0 Å². The van der Waals surface area contributed by atoms with Crippen LogP contribution in [0.1, 0.15) is 51.5 Å². The van der Waals surface area contributed by atoms with Crippen LogP contribution in [0.4, 0.5) is 4.79 Å². The van der Waals surface area contributed by atoms with Crippen molar-refractivity contribution in [3.8, 4) is 5.75 Å². The second-order valence-corrected chi connectivity index (χ2v) is 7.56. The highest BCUT2D eigenvalue weighted by molar-refractivity contribution is 6.31. The Balaban J connectivity index is 1.78. The van der Waals surface area contributed by atoms with E-state index in [4.69, 9.17) is 4.74 Å². The lowest BCUT2D eigenvalue weighted by molar-refractivity contribution is -0.132. The Hall–Kier alpha value is -2.63. The van der Waals surface area contributed by atoms with Gasteiger partial charge in [-0.05, 0) is 42.5 Å². The molecule has 1 N–H and O–H groups in total. The van der Waals surface area contributed by atoms with Crippen LogP contribution in [0.25, 0.3) is 6.08 Å². The van der Waals surface area contributed by atoms with Gasteiger partial charge < -0.3 is 4.74 Å². The fourth-order valence-electron chi connectivity index (χ4n) is 3.43. The maximum Gasteiger partial charge on any atom is 0.331 e. The van der Waals surface area contributed by atoms with Crippen molar-refractivity contribution < 1.29 is 19.1 Å². The lowest BCUT2D eigenvalue weighted by atomic mass is 9.93. The van der Waals surface area contributed by atoms with Gasteiger partial charge in [-0.1, -0.05) is 45.2 Å². The molecular formula is C21H26N2O4. The minimum Gasteiger partial charge on any atom is -0.493 e. The predicted octanol–water partition coefficient (Wildman–Crippen LogP) is 3.52. The third-order valence-corrected chi connectivity index (χ3v) is 4.85. The summed E-state index contributed by atoms with van der Waals surface area (Å²) >= 11 is 0. The van der Waals surface area contributed by atoms with Gasteiger partial charge in [-0.2, -0.15) is 0 Å². The van der Waals surface area contributed by atoms with E-state index in [0.29, 0.717) is 18.1 Å². The number of carbonyl (C=O) groups is 3. The van der Waals surface area contributed by atoms with Crippen LogP contribution in [-0.2, 0) is 9.59 Å². The van der Waals surface area contributed by atoms with E-state index in [1.54, 1.807) is 12.1 Å². The molecule has 1 saturated carbocycles. The summed E-state index contributed by atoms with van der Waals surface area (Å²) < 4.78 is 5.65. The molecule has 0 bridgehead atoms. The molecule has 1 saturated heterocycles. The average molecular weight is 370 g/mol. The van der Waals surface area contributed by atoms with Gasteiger partial charge in [0.25, 0.3) is 11.8 Å². The number of carbonyl (C=O) groups excluding carboxylic acids is 3. The first-order valence-corrected chi connectivity index (χ1v) is 9.59. The number of benzene rings is 1. The predicted molar refractivity (Wildman–Crippen MR) is 102 cm³/mol. The molecule has 2 aliphatic rings. The van der Waals surface area contributed by atoms with Crippen molar-refractivity contribution in [1.29, 1.82) is 0 Å². The quantitative estimate of drug-likeness (QED) is 0.636. The minimum atomic E-state index is -0.641. The third-order valence-electron chi connectivity index (χ3n) is 4.85. The van der Waals surface area contributed by atoms with Gasteiger partial charge in [0.05, 0.1) is 6.61 Å². The number of hydrogen-bond acceptors (Lipinski definition) is 4. The van der Waals surface area contributed by atoms with Crippen molar-refractivity contribution in [3.63, 3.8) is 0 Å². The van der Waals surface area contributed by atoms with E-state index in [2.05, 4.69) is 19.2 Å². The molecule has 4 amide bonds. The Morgan fingerprint density at radius 1 is 1.11 bits per heavy atom. The highest BCUT2D eigenvalue weighted by Gasteiger charge is 2.40. The molecule has 27 heavy (non-hydrogen) atoms. The first kappa shape index (κ1) is 19.1. The molecule has 0 unspecified atom stereocenters. The summed E-state index contributed by atoms with van der Waals surface area (Å²) in [5.74, 6) is 0.0240. The Kier molecular flexibility index (Phi) is 5.94. The first-order chi connectivity index (χ1) is 13.0. The van der Waals surface area contributed by atoms with E-state index >= 15 is 0 Å². The lowest BCUT2D eigenvalue weighted by Crippen LogP contribution is -2.58. The lowest BCUT2D eigenvalue weighted by Gasteiger charge is -2.35. The molecule has 1 aliphatic carbocycles. The number of imide groups is 2. The van der Waals surface area contributed by atoms with Crippen molar-refractivity contribution in [3.05, 3.63) is 35.4 Å². The van der Waals surface area contributed by atoms with Gasteiger partial charge in [-0.3, -0.25) is 19.8 Å². The van der Waals surface area contributed by atoms with Crippen molar-refractivity contribution >= 4 is 23.9 Å². The van der Waals surface area contributed by atoms with Crippen molar-refractivity contribution in [2.24, 2.45) is 5.92 Å². The zero-order chi connectivity index (χ0) is 19.4.